The Balaban J connectivity index is 1.68. The fourth-order valence-corrected chi connectivity index (χ4v) is 4.08. The summed E-state index contributed by atoms with van der Waals surface area (Å²) in [6.45, 7) is 2.26. The van der Waals surface area contributed by atoms with Crippen molar-refractivity contribution in [3.8, 4) is 0 Å². The van der Waals surface area contributed by atoms with Crippen molar-refractivity contribution in [1.29, 1.82) is 0 Å². The summed E-state index contributed by atoms with van der Waals surface area (Å²) in [5.41, 5.74) is 6.87. The second kappa shape index (κ2) is 4.94. The summed E-state index contributed by atoms with van der Waals surface area (Å²) in [7, 11) is 0. The number of fused-ring (bicyclic) bond motifs is 1. The number of thiazole rings is 1. The van der Waals surface area contributed by atoms with Crippen molar-refractivity contribution in [3.63, 3.8) is 0 Å². The van der Waals surface area contributed by atoms with Gasteiger partial charge in [-0.2, -0.15) is 0 Å². The fraction of sp³-hybridized carbons (Fsp3) is 0.769. The van der Waals surface area contributed by atoms with E-state index < -0.39 is 0 Å². The monoisotopic (exact) mass is 251 g/mol. The van der Waals surface area contributed by atoms with Crippen molar-refractivity contribution in [3.05, 3.63) is 11.1 Å². The summed E-state index contributed by atoms with van der Waals surface area (Å²) in [6.07, 6.45) is 8.50. The van der Waals surface area contributed by atoms with Gasteiger partial charge in [-0.1, -0.05) is 12.8 Å². The van der Waals surface area contributed by atoms with Crippen LogP contribution in [0.1, 0.15) is 44.2 Å². The molecule has 1 aromatic heterocycles. The van der Waals surface area contributed by atoms with Gasteiger partial charge in [-0.15, -0.1) is 11.3 Å². The summed E-state index contributed by atoms with van der Waals surface area (Å²) in [5.74, 6) is 0.952. The first-order valence-electron chi connectivity index (χ1n) is 6.77. The number of anilines is 1. The van der Waals surface area contributed by atoms with Crippen LogP contribution in [0.15, 0.2) is 5.38 Å². The minimum absolute atomic E-state index is 0.706. The molecule has 2 fully saturated rings. The predicted molar refractivity (Wildman–Crippen MR) is 71.9 cm³/mol. The highest BCUT2D eigenvalue weighted by molar-refractivity contribution is 7.13. The zero-order valence-electron chi connectivity index (χ0n) is 10.3. The fourth-order valence-electron chi connectivity index (χ4n) is 3.53. The number of aromatic nitrogens is 1. The molecule has 2 heterocycles. The lowest BCUT2D eigenvalue weighted by Gasteiger charge is -2.43. The number of rotatable bonds is 2. The molecule has 1 saturated heterocycles. The van der Waals surface area contributed by atoms with Crippen LogP contribution < -0.4 is 5.73 Å². The summed E-state index contributed by atoms with van der Waals surface area (Å²) < 4.78 is 0. The van der Waals surface area contributed by atoms with Crippen LogP contribution >= 0.6 is 11.3 Å². The van der Waals surface area contributed by atoms with E-state index in [1.54, 1.807) is 11.3 Å². The Bertz CT molecular complexity index is 374. The standard InChI is InChI=1S/C13H21N3S/c14-13-15-11(9-17-13)8-16-7-3-5-10-4-1-2-6-12(10)16/h9-10,12H,1-8H2,(H2,14,15). The molecule has 0 aromatic carbocycles. The van der Waals surface area contributed by atoms with Crippen LogP contribution in [0.25, 0.3) is 0 Å². The van der Waals surface area contributed by atoms with Crippen molar-refractivity contribution in [2.24, 2.45) is 5.92 Å². The summed E-state index contributed by atoms with van der Waals surface area (Å²) in [5, 5.41) is 2.82. The summed E-state index contributed by atoms with van der Waals surface area (Å²) >= 11 is 1.56. The van der Waals surface area contributed by atoms with Crippen LogP contribution in [-0.2, 0) is 6.54 Å². The van der Waals surface area contributed by atoms with E-state index in [1.807, 2.05) is 0 Å². The Morgan fingerprint density at radius 3 is 2.94 bits per heavy atom. The largest absolute Gasteiger partial charge is 0.375 e. The van der Waals surface area contributed by atoms with E-state index in [0.717, 1.165) is 18.5 Å². The van der Waals surface area contributed by atoms with Gasteiger partial charge in [0.25, 0.3) is 0 Å². The van der Waals surface area contributed by atoms with E-state index in [4.69, 9.17) is 5.73 Å². The topological polar surface area (TPSA) is 42.1 Å². The molecule has 2 N–H and O–H groups in total. The van der Waals surface area contributed by atoms with Gasteiger partial charge in [0, 0.05) is 18.0 Å². The molecule has 1 aromatic rings. The molecular formula is C13H21N3S. The van der Waals surface area contributed by atoms with Crippen LogP contribution in [0, 0.1) is 5.92 Å². The van der Waals surface area contributed by atoms with Gasteiger partial charge >= 0.3 is 0 Å². The van der Waals surface area contributed by atoms with Gasteiger partial charge in [0.05, 0.1) is 5.69 Å². The first kappa shape index (κ1) is 11.5. The third-order valence-corrected chi connectivity index (χ3v) is 5.02. The Kier molecular flexibility index (Phi) is 3.34. The number of nitrogen functional groups attached to an aromatic ring is 1. The third kappa shape index (κ3) is 2.47. The Morgan fingerprint density at radius 1 is 1.29 bits per heavy atom. The molecule has 1 saturated carbocycles. The molecule has 1 aliphatic heterocycles. The van der Waals surface area contributed by atoms with Gasteiger partial charge in [0.15, 0.2) is 5.13 Å². The highest BCUT2D eigenvalue weighted by atomic mass is 32.1. The predicted octanol–water partition coefficient (Wildman–Crippen LogP) is 2.88. The number of piperidine rings is 1. The Morgan fingerprint density at radius 2 is 2.12 bits per heavy atom. The molecule has 1 aliphatic carbocycles. The highest BCUT2D eigenvalue weighted by Gasteiger charge is 2.33. The van der Waals surface area contributed by atoms with Crippen LogP contribution in [-0.4, -0.2) is 22.5 Å². The van der Waals surface area contributed by atoms with E-state index in [1.165, 1.54) is 50.8 Å². The maximum absolute atomic E-state index is 5.70. The normalized spacial score (nSPS) is 30.1. The smallest absolute Gasteiger partial charge is 0.180 e. The molecule has 2 aliphatic rings. The number of nitrogens with zero attached hydrogens (tertiary/aromatic N) is 2. The van der Waals surface area contributed by atoms with Gasteiger partial charge in [-0.05, 0) is 38.1 Å². The number of nitrogens with two attached hydrogens (primary N) is 1. The molecule has 4 heteroatoms. The van der Waals surface area contributed by atoms with Crippen molar-refractivity contribution in [1.82, 2.24) is 9.88 Å². The van der Waals surface area contributed by atoms with Gasteiger partial charge in [-0.3, -0.25) is 4.90 Å². The molecule has 17 heavy (non-hydrogen) atoms. The van der Waals surface area contributed by atoms with Gasteiger partial charge in [-0.25, -0.2) is 4.98 Å². The summed E-state index contributed by atoms with van der Waals surface area (Å²) in [4.78, 5) is 7.05. The molecule has 0 amide bonds. The molecule has 2 atom stereocenters. The SMILES string of the molecule is Nc1nc(CN2CCCC3CCCCC32)cs1. The first-order chi connectivity index (χ1) is 8.33. The molecule has 3 nitrogen and oxygen atoms in total. The molecule has 2 unspecified atom stereocenters. The first-order valence-corrected chi connectivity index (χ1v) is 7.65. The maximum atomic E-state index is 5.70. The molecular weight excluding hydrogens is 230 g/mol. The maximum Gasteiger partial charge on any atom is 0.180 e. The van der Waals surface area contributed by atoms with Crippen LogP contribution in [0.5, 0.6) is 0 Å². The lowest BCUT2D eigenvalue weighted by molar-refractivity contribution is 0.0539. The molecule has 0 radical (unpaired) electrons. The van der Waals surface area contributed by atoms with Crippen molar-refractivity contribution in [2.45, 2.75) is 51.1 Å². The number of hydrogen-bond donors (Lipinski definition) is 1. The number of likely N-dealkylation sites (tertiary alicyclic amines) is 1. The van der Waals surface area contributed by atoms with Crippen molar-refractivity contribution in [2.75, 3.05) is 12.3 Å². The van der Waals surface area contributed by atoms with Crippen molar-refractivity contribution < 1.29 is 0 Å². The number of hydrogen-bond acceptors (Lipinski definition) is 4. The molecule has 3 rings (SSSR count). The summed E-state index contributed by atoms with van der Waals surface area (Å²) in [6, 6.07) is 0.820. The average Bonchev–Trinajstić information content (AvgIpc) is 2.75. The van der Waals surface area contributed by atoms with E-state index in [-0.39, 0.29) is 0 Å². The average molecular weight is 251 g/mol. The van der Waals surface area contributed by atoms with E-state index in [2.05, 4.69) is 15.3 Å². The van der Waals surface area contributed by atoms with Gasteiger partial charge in [0.2, 0.25) is 0 Å². The Labute approximate surface area is 107 Å². The van der Waals surface area contributed by atoms with Crippen LogP contribution in [0.4, 0.5) is 5.13 Å². The molecule has 0 spiro atoms. The van der Waals surface area contributed by atoms with Gasteiger partial charge < -0.3 is 5.73 Å². The second-order valence-electron chi connectivity index (χ2n) is 5.40. The highest BCUT2D eigenvalue weighted by Crippen LogP contribution is 2.35. The minimum atomic E-state index is 0.706. The van der Waals surface area contributed by atoms with Crippen LogP contribution in [0.2, 0.25) is 0 Å². The Hall–Kier alpha value is -0.610. The zero-order chi connectivity index (χ0) is 11.7. The van der Waals surface area contributed by atoms with Gasteiger partial charge in [0.1, 0.15) is 0 Å². The molecule has 0 bridgehead atoms. The second-order valence-corrected chi connectivity index (χ2v) is 6.29. The van der Waals surface area contributed by atoms with E-state index in [0.29, 0.717) is 5.13 Å². The molecule has 94 valence electrons. The lowest BCUT2D eigenvalue weighted by Crippen LogP contribution is -2.46. The quantitative estimate of drug-likeness (QED) is 0.879. The van der Waals surface area contributed by atoms with E-state index in [9.17, 15) is 0 Å². The third-order valence-electron chi connectivity index (χ3n) is 4.29. The van der Waals surface area contributed by atoms with Crippen LogP contribution in [0.3, 0.4) is 0 Å². The minimum Gasteiger partial charge on any atom is -0.375 e. The zero-order valence-corrected chi connectivity index (χ0v) is 11.1. The van der Waals surface area contributed by atoms with Crippen molar-refractivity contribution >= 4 is 16.5 Å². The van der Waals surface area contributed by atoms with E-state index >= 15 is 0 Å². The lowest BCUT2D eigenvalue weighted by atomic mass is 9.78.